The van der Waals surface area contributed by atoms with Gasteiger partial charge in [-0.15, -0.1) is 0 Å². The van der Waals surface area contributed by atoms with Gasteiger partial charge in [-0.05, 0) is 13.3 Å². The number of H-pyrrole nitrogens is 1. The van der Waals surface area contributed by atoms with Crippen LogP contribution in [0.5, 0.6) is 0 Å². The smallest absolute Gasteiger partial charge is 0.255 e. The van der Waals surface area contributed by atoms with Crippen LogP contribution in [0.3, 0.4) is 0 Å². The van der Waals surface area contributed by atoms with Gasteiger partial charge in [-0.25, -0.2) is 4.98 Å². The predicted octanol–water partition coefficient (Wildman–Crippen LogP) is 0.613. The molecule has 0 amide bonds. The normalized spacial score (nSPS) is 10.2. The molecule has 0 atom stereocenters. The Hall–Kier alpha value is -1.32. The second-order valence-corrected chi connectivity index (χ2v) is 2.77. The van der Waals surface area contributed by atoms with Crippen LogP contribution in [-0.2, 0) is 6.42 Å². The number of hydrogen-bond donors (Lipinski definition) is 2. The van der Waals surface area contributed by atoms with E-state index in [-0.39, 0.29) is 11.5 Å². The van der Waals surface area contributed by atoms with E-state index in [9.17, 15) is 4.79 Å². The Balaban J connectivity index is 3.19. The number of aryl methyl sites for hydroxylation is 1. The van der Waals surface area contributed by atoms with Crippen molar-refractivity contribution in [2.24, 2.45) is 0 Å². The van der Waals surface area contributed by atoms with Gasteiger partial charge in [-0.3, -0.25) is 9.78 Å². The molecule has 12 heavy (non-hydrogen) atoms. The minimum Gasteiger partial charge on any atom is -0.369 e. The van der Waals surface area contributed by atoms with Crippen molar-refractivity contribution in [2.75, 3.05) is 5.73 Å². The third-order valence-electron chi connectivity index (χ3n) is 1.74. The third-order valence-corrected chi connectivity index (χ3v) is 1.74. The van der Waals surface area contributed by atoms with E-state index in [1.165, 1.54) is 0 Å². The lowest BCUT2D eigenvalue weighted by molar-refractivity contribution is 0.870. The number of hydrogen-bond acceptors (Lipinski definition) is 3. The van der Waals surface area contributed by atoms with Crippen molar-refractivity contribution >= 4 is 5.95 Å². The van der Waals surface area contributed by atoms with E-state index in [0.717, 1.165) is 24.1 Å². The fourth-order valence-corrected chi connectivity index (χ4v) is 1.18. The average Bonchev–Trinajstić information content (AvgIpc) is 1.96. The van der Waals surface area contributed by atoms with Gasteiger partial charge in [0.25, 0.3) is 5.56 Å². The van der Waals surface area contributed by atoms with Gasteiger partial charge in [0.15, 0.2) is 0 Å². The van der Waals surface area contributed by atoms with Crippen molar-refractivity contribution < 1.29 is 0 Å². The van der Waals surface area contributed by atoms with Crippen LogP contribution in [0.15, 0.2) is 4.79 Å². The zero-order valence-corrected chi connectivity index (χ0v) is 7.35. The van der Waals surface area contributed by atoms with Gasteiger partial charge in [-0.2, -0.15) is 0 Å². The molecule has 0 aliphatic carbocycles. The summed E-state index contributed by atoms with van der Waals surface area (Å²) < 4.78 is 0. The van der Waals surface area contributed by atoms with Crippen LogP contribution in [-0.4, -0.2) is 9.97 Å². The van der Waals surface area contributed by atoms with Gasteiger partial charge < -0.3 is 5.73 Å². The van der Waals surface area contributed by atoms with Crippen molar-refractivity contribution in [3.8, 4) is 0 Å². The van der Waals surface area contributed by atoms with Gasteiger partial charge in [0, 0.05) is 11.3 Å². The molecule has 1 aromatic rings. The number of aromatic amines is 1. The summed E-state index contributed by atoms with van der Waals surface area (Å²) in [6.07, 6.45) is 1.70. The summed E-state index contributed by atoms with van der Waals surface area (Å²) in [6.45, 7) is 3.83. The second-order valence-electron chi connectivity index (χ2n) is 2.77. The maximum absolute atomic E-state index is 11.3. The quantitative estimate of drug-likeness (QED) is 0.678. The lowest BCUT2D eigenvalue weighted by atomic mass is 10.1. The Kier molecular flexibility index (Phi) is 2.47. The Morgan fingerprint density at radius 3 is 2.75 bits per heavy atom. The highest BCUT2D eigenvalue weighted by atomic mass is 16.1. The first-order chi connectivity index (χ1) is 5.65. The SMILES string of the molecule is CCCc1c(C)nc(N)[nH]c1=O. The largest absolute Gasteiger partial charge is 0.369 e. The van der Waals surface area contributed by atoms with Gasteiger partial charge in [0.1, 0.15) is 0 Å². The molecule has 0 spiro atoms. The Morgan fingerprint density at radius 1 is 1.58 bits per heavy atom. The van der Waals surface area contributed by atoms with Crippen molar-refractivity contribution in [3.05, 3.63) is 21.6 Å². The van der Waals surface area contributed by atoms with Crippen molar-refractivity contribution in [1.82, 2.24) is 9.97 Å². The number of anilines is 1. The molecule has 0 saturated heterocycles. The van der Waals surface area contributed by atoms with Crippen LogP contribution >= 0.6 is 0 Å². The van der Waals surface area contributed by atoms with Crippen LogP contribution in [0.25, 0.3) is 0 Å². The maximum atomic E-state index is 11.3. The zero-order chi connectivity index (χ0) is 9.14. The van der Waals surface area contributed by atoms with E-state index < -0.39 is 0 Å². The molecule has 3 N–H and O–H groups in total. The summed E-state index contributed by atoms with van der Waals surface area (Å²) in [5.74, 6) is 0.192. The van der Waals surface area contributed by atoms with E-state index in [0.29, 0.717) is 0 Å². The summed E-state index contributed by atoms with van der Waals surface area (Å²) in [5.41, 5.74) is 6.73. The molecule has 1 aromatic heterocycles. The summed E-state index contributed by atoms with van der Waals surface area (Å²) in [5, 5.41) is 0. The van der Waals surface area contributed by atoms with Crippen LogP contribution in [0, 0.1) is 6.92 Å². The molecule has 0 aliphatic heterocycles. The minimum atomic E-state index is -0.109. The number of nitrogens with zero attached hydrogens (tertiary/aromatic N) is 1. The van der Waals surface area contributed by atoms with Crippen LogP contribution in [0.2, 0.25) is 0 Å². The molecule has 4 nitrogen and oxygen atoms in total. The van der Waals surface area contributed by atoms with Crippen LogP contribution in [0.4, 0.5) is 5.95 Å². The standard InChI is InChI=1S/C8H13N3O/c1-3-4-6-5(2)10-8(9)11-7(6)12/h3-4H2,1-2H3,(H3,9,10,11,12). The summed E-state index contributed by atoms with van der Waals surface area (Å²) in [7, 11) is 0. The number of nitrogen functional groups attached to an aromatic ring is 1. The van der Waals surface area contributed by atoms with E-state index >= 15 is 0 Å². The van der Waals surface area contributed by atoms with Crippen molar-refractivity contribution in [1.29, 1.82) is 0 Å². The highest BCUT2D eigenvalue weighted by molar-refractivity contribution is 5.24. The number of nitrogens with one attached hydrogen (secondary N) is 1. The molecule has 0 radical (unpaired) electrons. The molecule has 0 unspecified atom stereocenters. The van der Waals surface area contributed by atoms with Crippen molar-refractivity contribution in [3.63, 3.8) is 0 Å². The van der Waals surface area contributed by atoms with Gasteiger partial charge >= 0.3 is 0 Å². The lowest BCUT2D eigenvalue weighted by Crippen LogP contribution is -2.18. The highest BCUT2D eigenvalue weighted by Crippen LogP contribution is 2.02. The molecule has 0 aromatic carbocycles. The number of nitrogens with two attached hydrogens (primary N) is 1. The van der Waals surface area contributed by atoms with E-state index in [2.05, 4.69) is 9.97 Å². The monoisotopic (exact) mass is 167 g/mol. The zero-order valence-electron chi connectivity index (χ0n) is 7.35. The third kappa shape index (κ3) is 1.64. The summed E-state index contributed by atoms with van der Waals surface area (Å²) in [6, 6.07) is 0. The Morgan fingerprint density at radius 2 is 2.25 bits per heavy atom. The molecule has 4 heteroatoms. The summed E-state index contributed by atoms with van der Waals surface area (Å²) in [4.78, 5) is 17.7. The first-order valence-corrected chi connectivity index (χ1v) is 4.00. The number of rotatable bonds is 2. The predicted molar refractivity (Wildman–Crippen MR) is 48.0 cm³/mol. The van der Waals surface area contributed by atoms with Crippen LogP contribution < -0.4 is 11.3 Å². The van der Waals surface area contributed by atoms with E-state index in [1.54, 1.807) is 6.92 Å². The lowest BCUT2D eigenvalue weighted by Gasteiger charge is -2.02. The molecule has 0 bridgehead atoms. The molecular formula is C8H13N3O. The molecule has 1 heterocycles. The summed E-state index contributed by atoms with van der Waals surface area (Å²) >= 11 is 0. The number of aromatic nitrogens is 2. The highest BCUT2D eigenvalue weighted by Gasteiger charge is 2.04. The maximum Gasteiger partial charge on any atom is 0.255 e. The fraction of sp³-hybridized carbons (Fsp3) is 0.500. The minimum absolute atomic E-state index is 0.109. The van der Waals surface area contributed by atoms with E-state index in [4.69, 9.17) is 5.73 Å². The Bertz CT molecular complexity index is 330. The molecule has 1 rings (SSSR count). The van der Waals surface area contributed by atoms with Crippen molar-refractivity contribution in [2.45, 2.75) is 26.7 Å². The molecule has 66 valence electrons. The Labute approximate surface area is 70.8 Å². The molecular weight excluding hydrogens is 154 g/mol. The fourth-order valence-electron chi connectivity index (χ4n) is 1.18. The van der Waals surface area contributed by atoms with Gasteiger partial charge in [-0.1, -0.05) is 13.3 Å². The topological polar surface area (TPSA) is 71.8 Å². The second kappa shape index (κ2) is 3.38. The first-order valence-electron chi connectivity index (χ1n) is 4.00. The molecule has 0 aliphatic rings. The average molecular weight is 167 g/mol. The van der Waals surface area contributed by atoms with E-state index in [1.807, 2.05) is 6.92 Å². The first kappa shape index (κ1) is 8.77. The van der Waals surface area contributed by atoms with Gasteiger partial charge in [0.05, 0.1) is 0 Å². The van der Waals surface area contributed by atoms with Crippen LogP contribution in [0.1, 0.15) is 24.6 Å². The molecule has 0 saturated carbocycles. The molecule has 0 fully saturated rings. The van der Waals surface area contributed by atoms with Gasteiger partial charge in [0.2, 0.25) is 5.95 Å².